The number of hydrogen-bond acceptors (Lipinski definition) is 5. The molecule has 3 aromatic carbocycles. The van der Waals surface area contributed by atoms with Gasteiger partial charge < -0.3 is 15.4 Å². The molecule has 2 N–H and O–H groups in total. The molecule has 0 aromatic heterocycles. The van der Waals surface area contributed by atoms with Gasteiger partial charge in [0.05, 0.1) is 6.42 Å². The number of ketones is 1. The molecule has 0 bridgehead atoms. The molecule has 0 spiro atoms. The van der Waals surface area contributed by atoms with Gasteiger partial charge in [-0.1, -0.05) is 48.5 Å². The van der Waals surface area contributed by atoms with Gasteiger partial charge in [0.25, 0.3) is 5.91 Å². The molecular formula is C24H22N2O5. The van der Waals surface area contributed by atoms with Crippen LogP contribution in [0.3, 0.4) is 0 Å². The average Bonchev–Trinajstić information content (AvgIpc) is 2.76. The molecule has 0 atom stereocenters. The Hall–Kier alpha value is -4.00. The third kappa shape index (κ3) is 6.24. The lowest BCUT2D eigenvalue weighted by Gasteiger charge is -2.09. The summed E-state index contributed by atoms with van der Waals surface area (Å²) in [7, 11) is 0. The fraction of sp³-hybridized carbons (Fsp3) is 0.167. The molecule has 0 radical (unpaired) electrons. The van der Waals surface area contributed by atoms with Crippen LogP contribution in [0, 0.1) is 0 Å². The summed E-state index contributed by atoms with van der Waals surface area (Å²) in [6.45, 7) is 0.952. The van der Waals surface area contributed by atoms with E-state index >= 15 is 0 Å². The molecule has 0 aliphatic heterocycles. The van der Waals surface area contributed by atoms with Crippen LogP contribution in [0.5, 0.6) is 0 Å². The maximum atomic E-state index is 12.2. The van der Waals surface area contributed by atoms with Gasteiger partial charge in [-0.15, -0.1) is 0 Å². The van der Waals surface area contributed by atoms with Crippen LogP contribution < -0.4 is 10.6 Å². The van der Waals surface area contributed by atoms with Gasteiger partial charge in [0, 0.05) is 28.7 Å². The second-order valence-corrected chi connectivity index (χ2v) is 6.92. The van der Waals surface area contributed by atoms with Crippen molar-refractivity contribution in [3.8, 4) is 0 Å². The van der Waals surface area contributed by atoms with Gasteiger partial charge >= 0.3 is 5.97 Å². The van der Waals surface area contributed by atoms with E-state index in [1.165, 1.54) is 6.92 Å². The standard InChI is InChI=1S/C24H22N2O5/c1-16(27)18-8-4-9-19(14-18)25-23(29)15-31-24(30)13-12-22(28)26-21-11-5-7-17-6-2-3-10-20(17)21/h2-11,14H,12-13,15H2,1H3,(H,25,29)(H,26,28). The van der Waals surface area contributed by atoms with E-state index in [0.717, 1.165) is 10.8 Å². The number of amides is 2. The number of carbonyl (C=O) groups is 4. The minimum absolute atomic E-state index is 0.0651. The monoisotopic (exact) mass is 418 g/mol. The Kier molecular flexibility index (Phi) is 7.11. The lowest BCUT2D eigenvalue weighted by Crippen LogP contribution is -2.22. The first-order valence-corrected chi connectivity index (χ1v) is 9.76. The van der Waals surface area contributed by atoms with Crippen molar-refractivity contribution < 1.29 is 23.9 Å². The van der Waals surface area contributed by atoms with Crippen LogP contribution in [-0.4, -0.2) is 30.2 Å². The quantitative estimate of drug-likeness (QED) is 0.426. The molecule has 0 saturated heterocycles. The number of ether oxygens (including phenoxy) is 1. The van der Waals surface area contributed by atoms with E-state index in [1.54, 1.807) is 30.3 Å². The van der Waals surface area contributed by atoms with Crippen molar-refractivity contribution in [3.63, 3.8) is 0 Å². The van der Waals surface area contributed by atoms with Crippen LogP contribution >= 0.6 is 0 Å². The molecule has 0 heterocycles. The average molecular weight is 418 g/mol. The fourth-order valence-electron chi connectivity index (χ4n) is 2.99. The number of Topliss-reactive ketones (excluding diaryl/α,β-unsaturated/α-hetero) is 1. The van der Waals surface area contributed by atoms with E-state index in [-0.39, 0.29) is 24.5 Å². The second-order valence-electron chi connectivity index (χ2n) is 6.92. The van der Waals surface area contributed by atoms with E-state index in [4.69, 9.17) is 4.74 Å². The number of esters is 1. The van der Waals surface area contributed by atoms with Crippen molar-refractivity contribution in [2.45, 2.75) is 19.8 Å². The molecule has 158 valence electrons. The molecule has 31 heavy (non-hydrogen) atoms. The Morgan fingerprint density at radius 3 is 2.35 bits per heavy atom. The smallest absolute Gasteiger partial charge is 0.306 e. The normalized spacial score (nSPS) is 10.4. The molecule has 0 aliphatic rings. The Morgan fingerprint density at radius 2 is 1.55 bits per heavy atom. The van der Waals surface area contributed by atoms with Crippen LogP contribution in [0.25, 0.3) is 10.8 Å². The van der Waals surface area contributed by atoms with Crippen molar-refractivity contribution >= 4 is 45.7 Å². The number of nitrogens with one attached hydrogen (secondary N) is 2. The lowest BCUT2D eigenvalue weighted by molar-refractivity contribution is -0.147. The van der Waals surface area contributed by atoms with Gasteiger partial charge in [0.1, 0.15) is 0 Å². The Balaban J connectivity index is 1.43. The first kappa shape index (κ1) is 21.7. The Bertz CT molecular complexity index is 1130. The molecule has 3 rings (SSSR count). The minimum Gasteiger partial charge on any atom is -0.456 e. The predicted molar refractivity (Wildman–Crippen MR) is 118 cm³/mol. The van der Waals surface area contributed by atoms with Gasteiger partial charge in [-0.25, -0.2) is 0 Å². The van der Waals surface area contributed by atoms with E-state index < -0.39 is 18.5 Å². The number of fused-ring (bicyclic) bond motifs is 1. The molecule has 2 amide bonds. The summed E-state index contributed by atoms with van der Waals surface area (Å²) in [5.74, 6) is -1.63. The van der Waals surface area contributed by atoms with Crippen molar-refractivity contribution in [2.75, 3.05) is 17.2 Å². The van der Waals surface area contributed by atoms with Gasteiger partial charge in [0.2, 0.25) is 5.91 Å². The van der Waals surface area contributed by atoms with E-state index in [2.05, 4.69) is 10.6 Å². The number of hydrogen-bond donors (Lipinski definition) is 2. The molecule has 0 unspecified atom stereocenters. The highest BCUT2D eigenvalue weighted by Crippen LogP contribution is 2.23. The minimum atomic E-state index is -0.652. The third-order valence-corrected chi connectivity index (χ3v) is 4.54. The fourth-order valence-corrected chi connectivity index (χ4v) is 2.99. The zero-order chi connectivity index (χ0) is 22.2. The highest BCUT2D eigenvalue weighted by molar-refractivity contribution is 6.02. The predicted octanol–water partition coefficient (Wildman–Crippen LogP) is 3.94. The summed E-state index contributed by atoms with van der Waals surface area (Å²) in [4.78, 5) is 47.4. The number of anilines is 2. The van der Waals surface area contributed by atoms with Crippen LogP contribution in [-0.2, 0) is 19.1 Å². The van der Waals surface area contributed by atoms with Crippen LogP contribution in [0.2, 0.25) is 0 Å². The topological polar surface area (TPSA) is 102 Å². The van der Waals surface area contributed by atoms with Gasteiger partial charge in [-0.2, -0.15) is 0 Å². The lowest BCUT2D eigenvalue weighted by atomic mass is 10.1. The molecular weight excluding hydrogens is 396 g/mol. The van der Waals surface area contributed by atoms with Gasteiger partial charge in [-0.3, -0.25) is 19.2 Å². The summed E-state index contributed by atoms with van der Waals surface area (Å²) in [5.41, 5.74) is 1.57. The molecule has 0 saturated carbocycles. The maximum absolute atomic E-state index is 12.2. The van der Waals surface area contributed by atoms with Gasteiger partial charge in [0.15, 0.2) is 12.4 Å². The first-order valence-electron chi connectivity index (χ1n) is 9.76. The SMILES string of the molecule is CC(=O)c1cccc(NC(=O)COC(=O)CCC(=O)Nc2cccc3ccccc23)c1. The summed E-state index contributed by atoms with van der Waals surface area (Å²) >= 11 is 0. The second kappa shape index (κ2) is 10.2. The molecule has 7 nitrogen and oxygen atoms in total. The zero-order valence-corrected chi connectivity index (χ0v) is 17.0. The largest absolute Gasteiger partial charge is 0.456 e. The van der Waals surface area contributed by atoms with Crippen LogP contribution in [0.1, 0.15) is 30.1 Å². The zero-order valence-electron chi connectivity index (χ0n) is 17.0. The van der Waals surface area contributed by atoms with Crippen molar-refractivity contribution in [3.05, 3.63) is 72.3 Å². The third-order valence-electron chi connectivity index (χ3n) is 4.54. The first-order chi connectivity index (χ1) is 14.9. The molecule has 7 heteroatoms. The number of carbonyl (C=O) groups excluding carboxylic acids is 4. The number of benzene rings is 3. The summed E-state index contributed by atoms with van der Waals surface area (Å²) in [5, 5.41) is 7.27. The van der Waals surface area contributed by atoms with Crippen LogP contribution in [0.4, 0.5) is 11.4 Å². The highest BCUT2D eigenvalue weighted by atomic mass is 16.5. The number of rotatable bonds is 8. The van der Waals surface area contributed by atoms with Crippen molar-refractivity contribution in [1.82, 2.24) is 0 Å². The summed E-state index contributed by atoms with van der Waals surface area (Å²) in [6, 6.07) is 19.7. The van der Waals surface area contributed by atoms with Gasteiger partial charge in [-0.05, 0) is 30.5 Å². The highest BCUT2D eigenvalue weighted by Gasteiger charge is 2.12. The van der Waals surface area contributed by atoms with E-state index in [1.807, 2.05) is 36.4 Å². The van der Waals surface area contributed by atoms with E-state index in [9.17, 15) is 19.2 Å². The maximum Gasteiger partial charge on any atom is 0.306 e. The van der Waals surface area contributed by atoms with Crippen molar-refractivity contribution in [2.24, 2.45) is 0 Å². The van der Waals surface area contributed by atoms with E-state index in [0.29, 0.717) is 16.9 Å². The van der Waals surface area contributed by atoms with Crippen LogP contribution in [0.15, 0.2) is 66.7 Å². The molecule has 0 aliphatic carbocycles. The molecule has 3 aromatic rings. The summed E-state index contributed by atoms with van der Waals surface area (Å²) in [6.07, 6.45) is -0.214. The van der Waals surface area contributed by atoms with Crippen molar-refractivity contribution in [1.29, 1.82) is 0 Å². The Morgan fingerprint density at radius 1 is 0.806 bits per heavy atom. The molecule has 0 fully saturated rings. The summed E-state index contributed by atoms with van der Waals surface area (Å²) < 4.78 is 4.93. The Labute approximate surface area is 179 Å².